The molecule has 1 rings (SSSR count). The SMILES string of the molecule is CC(CC#N)c1ccccn1. The summed E-state index contributed by atoms with van der Waals surface area (Å²) in [6, 6.07) is 7.89. The van der Waals surface area contributed by atoms with Crippen LogP contribution >= 0.6 is 0 Å². The molecule has 0 bridgehead atoms. The Morgan fingerprint density at radius 1 is 1.64 bits per heavy atom. The highest BCUT2D eigenvalue weighted by Crippen LogP contribution is 2.14. The van der Waals surface area contributed by atoms with Gasteiger partial charge in [-0.05, 0) is 12.1 Å². The van der Waals surface area contributed by atoms with E-state index in [2.05, 4.69) is 11.1 Å². The quantitative estimate of drug-likeness (QED) is 0.640. The lowest BCUT2D eigenvalue weighted by atomic mass is 10.0. The molecule has 0 radical (unpaired) electrons. The lowest BCUT2D eigenvalue weighted by Crippen LogP contribution is -1.94. The van der Waals surface area contributed by atoms with Crippen LogP contribution in [-0.4, -0.2) is 4.98 Å². The molecule has 0 fully saturated rings. The summed E-state index contributed by atoms with van der Waals surface area (Å²) in [6.45, 7) is 2.01. The van der Waals surface area contributed by atoms with E-state index in [-0.39, 0.29) is 5.92 Å². The molecule has 1 atom stereocenters. The molecule has 0 amide bonds. The summed E-state index contributed by atoms with van der Waals surface area (Å²) < 4.78 is 0. The Kier molecular flexibility index (Phi) is 2.62. The molecule has 11 heavy (non-hydrogen) atoms. The predicted molar refractivity (Wildman–Crippen MR) is 42.9 cm³/mol. The average molecular weight is 146 g/mol. The molecule has 1 aromatic heterocycles. The van der Waals surface area contributed by atoms with Crippen LogP contribution in [0.3, 0.4) is 0 Å². The lowest BCUT2D eigenvalue weighted by molar-refractivity contribution is 0.757. The van der Waals surface area contributed by atoms with Crippen molar-refractivity contribution >= 4 is 0 Å². The van der Waals surface area contributed by atoms with Crippen molar-refractivity contribution in [3.8, 4) is 6.07 Å². The van der Waals surface area contributed by atoms with Crippen molar-refractivity contribution < 1.29 is 0 Å². The first-order valence-electron chi connectivity index (χ1n) is 3.62. The van der Waals surface area contributed by atoms with Gasteiger partial charge in [0.2, 0.25) is 0 Å². The molecule has 2 nitrogen and oxygen atoms in total. The topological polar surface area (TPSA) is 36.7 Å². The molecule has 0 N–H and O–H groups in total. The fraction of sp³-hybridized carbons (Fsp3) is 0.333. The first-order valence-corrected chi connectivity index (χ1v) is 3.62. The first kappa shape index (κ1) is 7.74. The van der Waals surface area contributed by atoms with Gasteiger partial charge in [0.25, 0.3) is 0 Å². The van der Waals surface area contributed by atoms with E-state index in [1.807, 2.05) is 25.1 Å². The number of aromatic nitrogens is 1. The van der Waals surface area contributed by atoms with Gasteiger partial charge in [-0.2, -0.15) is 5.26 Å². The highest BCUT2D eigenvalue weighted by atomic mass is 14.7. The van der Waals surface area contributed by atoms with Crippen molar-refractivity contribution in [2.75, 3.05) is 0 Å². The van der Waals surface area contributed by atoms with Crippen molar-refractivity contribution in [1.29, 1.82) is 5.26 Å². The van der Waals surface area contributed by atoms with Crippen LogP contribution in [0.5, 0.6) is 0 Å². The van der Waals surface area contributed by atoms with Crippen LogP contribution in [0.15, 0.2) is 24.4 Å². The molecule has 56 valence electrons. The zero-order valence-electron chi connectivity index (χ0n) is 6.49. The summed E-state index contributed by atoms with van der Waals surface area (Å²) in [5, 5.41) is 8.42. The number of rotatable bonds is 2. The van der Waals surface area contributed by atoms with Gasteiger partial charge in [-0.3, -0.25) is 4.98 Å². The number of hydrogen-bond donors (Lipinski definition) is 0. The Morgan fingerprint density at radius 2 is 2.45 bits per heavy atom. The molecule has 0 spiro atoms. The standard InChI is InChI=1S/C9H10N2/c1-8(5-6-10)9-4-2-3-7-11-9/h2-4,7-8H,5H2,1H3. The van der Waals surface area contributed by atoms with Crippen LogP contribution in [-0.2, 0) is 0 Å². The molecule has 0 saturated carbocycles. The van der Waals surface area contributed by atoms with Crippen molar-refractivity contribution in [1.82, 2.24) is 4.98 Å². The third kappa shape index (κ3) is 2.05. The van der Waals surface area contributed by atoms with Crippen LogP contribution in [0, 0.1) is 11.3 Å². The van der Waals surface area contributed by atoms with Crippen LogP contribution in [0.4, 0.5) is 0 Å². The Hall–Kier alpha value is -1.36. The predicted octanol–water partition coefficient (Wildman–Crippen LogP) is 2.10. The van der Waals surface area contributed by atoms with Gasteiger partial charge in [0.15, 0.2) is 0 Å². The average Bonchev–Trinajstić information content (AvgIpc) is 2.07. The van der Waals surface area contributed by atoms with E-state index in [1.54, 1.807) is 6.20 Å². The van der Waals surface area contributed by atoms with E-state index in [0.29, 0.717) is 6.42 Å². The van der Waals surface area contributed by atoms with E-state index in [0.717, 1.165) is 5.69 Å². The minimum absolute atomic E-state index is 0.251. The second kappa shape index (κ2) is 3.72. The van der Waals surface area contributed by atoms with Gasteiger partial charge in [0.05, 0.1) is 6.07 Å². The van der Waals surface area contributed by atoms with Gasteiger partial charge in [-0.1, -0.05) is 13.0 Å². The maximum Gasteiger partial charge on any atom is 0.0628 e. The van der Waals surface area contributed by atoms with E-state index in [4.69, 9.17) is 5.26 Å². The fourth-order valence-electron chi connectivity index (χ4n) is 0.909. The van der Waals surface area contributed by atoms with E-state index in [1.165, 1.54) is 0 Å². The van der Waals surface area contributed by atoms with Crippen LogP contribution < -0.4 is 0 Å². The third-order valence-corrected chi connectivity index (χ3v) is 1.59. The largest absolute Gasteiger partial charge is 0.261 e. The summed E-state index contributed by atoms with van der Waals surface area (Å²) >= 11 is 0. The fourth-order valence-corrected chi connectivity index (χ4v) is 0.909. The Morgan fingerprint density at radius 3 is 3.00 bits per heavy atom. The van der Waals surface area contributed by atoms with Gasteiger partial charge in [-0.25, -0.2) is 0 Å². The summed E-state index contributed by atoms with van der Waals surface area (Å²) in [4.78, 5) is 4.15. The van der Waals surface area contributed by atoms with E-state index in [9.17, 15) is 0 Å². The molecule has 1 unspecified atom stereocenters. The zero-order chi connectivity index (χ0) is 8.10. The van der Waals surface area contributed by atoms with Gasteiger partial charge in [-0.15, -0.1) is 0 Å². The number of hydrogen-bond acceptors (Lipinski definition) is 2. The van der Waals surface area contributed by atoms with Crippen molar-refractivity contribution in [2.45, 2.75) is 19.3 Å². The Balaban J connectivity index is 2.70. The van der Waals surface area contributed by atoms with E-state index < -0.39 is 0 Å². The number of nitrogens with zero attached hydrogens (tertiary/aromatic N) is 2. The van der Waals surface area contributed by atoms with Crippen LogP contribution in [0.2, 0.25) is 0 Å². The normalized spacial score (nSPS) is 12.0. The van der Waals surface area contributed by atoms with Gasteiger partial charge >= 0.3 is 0 Å². The van der Waals surface area contributed by atoms with Crippen molar-refractivity contribution in [2.24, 2.45) is 0 Å². The number of nitriles is 1. The molecule has 0 aromatic carbocycles. The Bertz CT molecular complexity index is 248. The molecule has 1 aromatic rings. The second-order valence-corrected chi connectivity index (χ2v) is 2.52. The third-order valence-electron chi connectivity index (χ3n) is 1.59. The van der Waals surface area contributed by atoms with Crippen molar-refractivity contribution in [3.63, 3.8) is 0 Å². The van der Waals surface area contributed by atoms with Crippen LogP contribution in [0.1, 0.15) is 25.0 Å². The van der Waals surface area contributed by atoms with Crippen molar-refractivity contribution in [3.05, 3.63) is 30.1 Å². The molecule has 2 heteroatoms. The smallest absolute Gasteiger partial charge is 0.0628 e. The molecule has 0 aliphatic carbocycles. The summed E-state index contributed by atoms with van der Waals surface area (Å²) in [6.07, 6.45) is 2.29. The highest BCUT2D eigenvalue weighted by Gasteiger charge is 2.03. The van der Waals surface area contributed by atoms with Gasteiger partial charge in [0, 0.05) is 24.2 Å². The summed E-state index contributed by atoms with van der Waals surface area (Å²) in [5.74, 6) is 0.251. The van der Waals surface area contributed by atoms with E-state index >= 15 is 0 Å². The lowest BCUT2D eigenvalue weighted by Gasteiger charge is -2.03. The molecular weight excluding hydrogens is 136 g/mol. The minimum atomic E-state index is 0.251. The summed E-state index contributed by atoms with van der Waals surface area (Å²) in [5.41, 5.74) is 0.994. The molecule has 0 aliphatic rings. The molecule has 0 aliphatic heterocycles. The monoisotopic (exact) mass is 146 g/mol. The van der Waals surface area contributed by atoms with Gasteiger partial charge < -0.3 is 0 Å². The molecule has 1 heterocycles. The maximum atomic E-state index is 8.42. The minimum Gasteiger partial charge on any atom is -0.261 e. The molecular formula is C9H10N2. The first-order chi connectivity index (χ1) is 5.34. The highest BCUT2D eigenvalue weighted by molar-refractivity contribution is 5.09. The molecule has 0 saturated heterocycles. The Labute approximate surface area is 66.5 Å². The second-order valence-electron chi connectivity index (χ2n) is 2.52. The van der Waals surface area contributed by atoms with Gasteiger partial charge in [0.1, 0.15) is 0 Å². The number of pyridine rings is 1. The maximum absolute atomic E-state index is 8.42. The summed E-state index contributed by atoms with van der Waals surface area (Å²) in [7, 11) is 0. The van der Waals surface area contributed by atoms with Crippen LogP contribution in [0.25, 0.3) is 0 Å². The zero-order valence-corrected chi connectivity index (χ0v) is 6.49.